The largest absolute Gasteiger partial charge is 0.502 e. The maximum atomic E-state index is 12.3. The Morgan fingerprint density at radius 3 is 2.38 bits per heavy atom. The van der Waals surface area contributed by atoms with Crippen molar-refractivity contribution in [2.45, 2.75) is 59.8 Å². The quantitative estimate of drug-likeness (QED) is 0.178. The number of phosphoric ester groups is 1. The van der Waals surface area contributed by atoms with Gasteiger partial charge in [-0.25, -0.2) is 9.45 Å². The van der Waals surface area contributed by atoms with Gasteiger partial charge >= 0.3 is 7.82 Å². The van der Waals surface area contributed by atoms with Crippen LogP contribution >= 0.6 is 7.82 Å². The van der Waals surface area contributed by atoms with E-state index in [1.54, 1.807) is 0 Å². The maximum absolute atomic E-state index is 12.3. The van der Waals surface area contributed by atoms with E-state index in [1.165, 1.54) is 7.11 Å². The molecule has 0 saturated heterocycles. The summed E-state index contributed by atoms with van der Waals surface area (Å²) in [4.78, 5) is 4.50. The van der Waals surface area contributed by atoms with E-state index < -0.39 is 7.82 Å². The molecule has 0 bridgehead atoms. The van der Waals surface area contributed by atoms with Crippen LogP contribution in [0.1, 0.15) is 59.8 Å². The van der Waals surface area contributed by atoms with Crippen molar-refractivity contribution >= 4 is 7.82 Å². The molecule has 2 unspecified atom stereocenters. The number of nitrogens with one attached hydrogen (secondary N) is 1. The predicted molar refractivity (Wildman–Crippen MR) is 97.5 cm³/mol. The van der Waals surface area contributed by atoms with Crippen molar-refractivity contribution in [3.05, 3.63) is 12.3 Å². The Morgan fingerprint density at radius 1 is 1.12 bits per heavy atom. The highest BCUT2D eigenvalue weighted by Gasteiger charge is 2.28. The summed E-state index contributed by atoms with van der Waals surface area (Å²) in [7, 11) is -2.33. The van der Waals surface area contributed by atoms with Crippen molar-refractivity contribution in [1.82, 2.24) is 5.32 Å². The summed E-state index contributed by atoms with van der Waals surface area (Å²) in [6, 6.07) is 0. The summed E-state index contributed by atoms with van der Waals surface area (Å²) in [5.74, 6) is 0.749. The minimum Gasteiger partial charge on any atom is -0.389 e. The van der Waals surface area contributed by atoms with Crippen LogP contribution in [0.5, 0.6) is 0 Å². The van der Waals surface area contributed by atoms with Crippen LogP contribution in [0.2, 0.25) is 0 Å². The maximum Gasteiger partial charge on any atom is 0.502 e. The van der Waals surface area contributed by atoms with Gasteiger partial charge in [-0.1, -0.05) is 53.5 Å². The lowest BCUT2D eigenvalue weighted by molar-refractivity contribution is -0.201. The highest BCUT2D eigenvalue weighted by atomic mass is 31.2. The van der Waals surface area contributed by atoms with Gasteiger partial charge in [0, 0.05) is 12.2 Å². The van der Waals surface area contributed by atoms with Gasteiger partial charge in [-0.3, -0.25) is 9.05 Å². The van der Waals surface area contributed by atoms with Crippen LogP contribution in [0, 0.1) is 11.8 Å². The van der Waals surface area contributed by atoms with E-state index >= 15 is 0 Å². The molecule has 6 nitrogen and oxygen atoms in total. The summed E-state index contributed by atoms with van der Waals surface area (Å²) in [6.07, 6.45) is 4.88. The Kier molecular flexibility index (Phi) is 13.6. The zero-order chi connectivity index (χ0) is 18.4. The average molecular weight is 365 g/mol. The topological polar surface area (TPSA) is 66.0 Å². The summed E-state index contributed by atoms with van der Waals surface area (Å²) in [6.45, 7) is 13.9. The summed E-state index contributed by atoms with van der Waals surface area (Å²) < 4.78 is 27.6. The lowest BCUT2D eigenvalue weighted by atomic mass is 10.1. The molecule has 0 saturated carbocycles. The van der Waals surface area contributed by atoms with Gasteiger partial charge in [-0.15, -0.1) is 4.67 Å². The fraction of sp³-hybridized carbons (Fsp3) is 0.882. The molecule has 0 aromatic carbocycles. The van der Waals surface area contributed by atoms with E-state index in [0.717, 1.165) is 44.3 Å². The van der Waals surface area contributed by atoms with Gasteiger partial charge in [0.1, 0.15) is 0 Å². The molecule has 0 spiro atoms. The van der Waals surface area contributed by atoms with E-state index in [0.29, 0.717) is 19.1 Å². The molecule has 0 aromatic rings. The van der Waals surface area contributed by atoms with Gasteiger partial charge in [-0.2, -0.15) is 0 Å². The molecular formula is C17H36NO5P. The van der Waals surface area contributed by atoms with Crippen molar-refractivity contribution in [2.75, 3.05) is 26.9 Å². The first kappa shape index (κ1) is 23.6. The van der Waals surface area contributed by atoms with Gasteiger partial charge in [0.15, 0.2) is 0 Å². The molecule has 0 aromatic heterocycles. The molecule has 1 N–H and O–H groups in total. The Morgan fingerprint density at radius 2 is 1.79 bits per heavy atom. The van der Waals surface area contributed by atoms with Gasteiger partial charge in [-0.05, 0) is 24.7 Å². The van der Waals surface area contributed by atoms with Crippen LogP contribution in [-0.4, -0.2) is 26.9 Å². The Labute approximate surface area is 147 Å². The Hall–Kier alpha value is -0.390. The fourth-order valence-corrected chi connectivity index (χ4v) is 2.85. The average Bonchev–Trinajstić information content (AvgIpc) is 2.55. The van der Waals surface area contributed by atoms with E-state index in [1.807, 2.05) is 13.8 Å². The van der Waals surface area contributed by atoms with E-state index in [9.17, 15) is 4.57 Å². The third kappa shape index (κ3) is 12.0. The number of hydrogen-bond donors (Lipinski definition) is 1. The standard InChI is InChI=1S/C17H36NO5P/c1-7-16(4)14-22-24(19,23-20-6)21-13-11-9-8-10-12-18-17(5)15(2)3/h15-16,18H,5,7-14H2,1-4,6H3. The molecule has 2 atom stereocenters. The second-order valence-corrected chi connectivity index (χ2v) is 7.91. The molecule has 0 aliphatic heterocycles. The molecule has 24 heavy (non-hydrogen) atoms. The minimum atomic E-state index is -3.62. The van der Waals surface area contributed by atoms with E-state index in [4.69, 9.17) is 13.7 Å². The zero-order valence-electron chi connectivity index (χ0n) is 16.0. The molecule has 0 radical (unpaired) electrons. The monoisotopic (exact) mass is 365 g/mol. The first-order valence-corrected chi connectivity index (χ1v) is 10.3. The van der Waals surface area contributed by atoms with Crippen molar-refractivity contribution in [2.24, 2.45) is 11.8 Å². The number of unbranched alkanes of at least 4 members (excludes halogenated alkanes) is 3. The fourth-order valence-electron chi connectivity index (χ4n) is 1.72. The SMILES string of the molecule is C=C(NCCCCCCOP(=O)(OCC(C)CC)OOC)C(C)C. The highest BCUT2D eigenvalue weighted by Crippen LogP contribution is 2.50. The molecule has 0 amide bonds. The van der Waals surface area contributed by atoms with Crippen LogP contribution in [0.15, 0.2) is 12.3 Å². The van der Waals surface area contributed by atoms with Gasteiger partial charge < -0.3 is 5.32 Å². The van der Waals surface area contributed by atoms with E-state index in [2.05, 4.69) is 30.6 Å². The van der Waals surface area contributed by atoms with Crippen LogP contribution < -0.4 is 5.32 Å². The summed E-state index contributed by atoms with van der Waals surface area (Å²) >= 11 is 0. The first-order valence-electron chi connectivity index (χ1n) is 8.88. The van der Waals surface area contributed by atoms with Crippen molar-refractivity contribution in [3.63, 3.8) is 0 Å². The smallest absolute Gasteiger partial charge is 0.389 e. The summed E-state index contributed by atoms with van der Waals surface area (Å²) in [5, 5.41) is 3.32. The molecule has 0 aliphatic carbocycles. The van der Waals surface area contributed by atoms with Crippen LogP contribution in [-0.2, 0) is 23.2 Å². The molecule has 0 heterocycles. The molecule has 0 rings (SSSR count). The third-order valence-electron chi connectivity index (χ3n) is 3.75. The zero-order valence-corrected chi connectivity index (χ0v) is 16.9. The lowest BCUT2D eigenvalue weighted by Gasteiger charge is -2.17. The van der Waals surface area contributed by atoms with Crippen LogP contribution in [0.3, 0.4) is 0 Å². The minimum absolute atomic E-state index is 0.287. The van der Waals surface area contributed by atoms with Crippen molar-refractivity contribution in [3.8, 4) is 0 Å². The van der Waals surface area contributed by atoms with Crippen molar-refractivity contribution < 1.29 is 23.2 Å². The predicted octanol–water partition coefficient (Wildman–Crippen LogP) is 5.07. The van der Waals surface area contributed by atoms with E-state index in [-0.39, 0.29) is 5.92 Å². The molecule has 7 heteroatoms. The molecular weight excluding hydrogens is 329 g/mol. The number of rotatable bonds is 16. The number of phosphoric acid groups is 1. The number of hydrogen-bond acceptors (Lipinski definition) is 6. The number of allylic oxidation sites excluding steroid dienone is 1. The normalized spacial score (nSPS) is 15.2. The second kappa shape index (κ2) is 13.9. The van der Waals surface area contributed by atoms with Crippen molar-refractivity contribution in [1.29, 1.82) is 0 Å². The van der Waals surface area contributed by atoms with Crippen LogP contribution in [0.25, 0.3) is 0 Å². The van der Waals surface area contributed by atoms with Gasteiger partial charge in [0.25, 0.3) is 0 Å². The Balaban J connectivity index is 3.80. The summed E-state index contributed by atoms with van der Waals surface area (Å²) in [5.41, 5.74) is 1.08. The molecule has 144 valence electrons. The van der Waals surface area contributed by atoms with Crippen LogP contribution in [0.4, 0.5) is 0 Å². The van der Waals surface area contributed by atoms with Gasteiger partial charge in [0.05, 0.1) is 20.3 Å². The highest BCUT2D eigenvalue weighted by molar-refractivity contribution is 7.48. The molecule has 0 aliphatic rings. The third-order valence-corrected chi connectivity index (χ3v) is 5.05. The van der Waals surface area contributed by atoms with Gasteiger partial charge in [0.2, 0.25) is 0 Å². The lowest BCUT2D eigenvalue weighted by Crippen LogP contribution is -2.17. The second-order valence-electron chi connectivity index (χ2n) is 6.35. The Bertz CT molecular complexity index is 376. The molecule has 0 fully saturated rings. The first-order chi connectivity index (χ1) is 11.3.